The Hall–Kier alpha value is -1.14. The van der Waals surface area contributed by atoms with Crippen molar-refractivity contribution in [3.8, 4) is 0 Å². The normalized spacial score (nSPS) is 24.7. The summed E-state index contributed by atoms with van der Waals surface area (Å²) in [5, 5.41) is 11.7. The molecule has 6 nitrogen and oxygen atoms in total. The van der Waals surface area contributed by atoms with Crippen molar-refractivity contribution in [3.63, 3.8) is 0 Å². The van der Waals surface area contributed by atoms with E-state index in [9.17, 15) is 9.59 Å². The number of aliphatic carboxylic acids is 1. The highest BCUT2D eigenvalue weighted by Crippen LogP contribution is 2.23. The minimum absolute atomic E-state index is 0.151. The minimum atomic E-state index is -1.01. The molecule has 1 rings (SSSR count). The number of carbonyl (C=O) groups is 2. The summed E-state index contributed by atoms with van der Waals surface area (Å²) in [5.74, 6) is -1.48. The topological polar surface area (TPSA) is 102 Å². The molecule has 4 N–H and O–H groups in total. The number of amides is 1. The van der Waals surface area contributed by atoms with Crippen molar-refractivity contribution < 1.29 is 19.4 Å². The fraction of sp³-hybridized carbons (Fsp3) is 0.846. The average molecular weight is 272 g/mol. The van der Waals surface area contributed by atoms with Crippen molar-refractivity contribution >= 4 is 11.9 Å². The van der Waals surface area contributed by atoms with Crippen LogP contribution in [0, 0.1) is 5.92 Å². The molecule has 0 aromatic carbocycles. The third kappa shape index (κ3) is 5.16. The lowest BCUT2D eigenvalue weighted by Crippen LogP contribution is -2.49. The van der Waals surface area contributed by atoms with E-state index in [0.717, 1.165) is 25.7 Å². The summed E-state index contributed by atoms with van der Waals surface area (Å²) in [4.78, 5) is 23.2. The lowest BCUT2D eigenvalue weighted by atomic mass is 9.84. The molecule has 1 saturated carbocycles. The van der Waals surface area contributed by atoms with Crippen molar-refractivity contribution in [1.82, 2.24) is 5.32 Å². The lowest BCUT2D eigenvalue weighted by Gasteiger charge is -2.28. The van der Waals surface area contributed by atoms with Gasteiger partial charge in [0.15, 0.2) is 0 Å². The van der Waals surface area contributed by atoms with Crippen LogP contribution in [0.3, 0.4) is 0 Å². The summed E-state index contributed by atoms with van der Waals surface area (Å²) in [5.41, 5.74) is 5.93. The van der Waals surface area contributed by atoms with Crippen molar-refractivity contribution in [2.75, 3.05) is 13.7 Å². The predicted molar refractivity (Wildman–Crippen MR) is 70.6 cm³/mol. The van der Waals surface area contributed by atoms with Gasteiger partial charge < -0.3 is 20.9 Å². The first-order valence-electron chi connectivity index (χ1n) is 6.84. The van der Waals surface area contributed by atoms with Crippen LogP contribution in [0.5, 0.6) is 0 Å². The van der Waals surface area contributed by atoms with E-state index in [4.69, 9.17) is 15.6 Å². The van der Waals surface area contributed by atoms with E-state index in [-0.39, 0.29) is 17.9 Å². The second-order valence-corrected chi connectivity index (χ2v) is 5.09. The second-order valence-electron chi connectivity index (χ2n) is 5.09. The molecule has 0 saturated heterocycles. The number of nitrogens with two attached hydrogens (primary N) is 1. The molecule has 1 amide bonds. The third-order valence-electron chi connectivity index (χ3n) is 3.61. The molecule has 0 aromatic heterocycles. The maximum atomic E-state index is 12.1. The van der Waals surface area contributed by atoms with E-state index in [1.54, 1.807) is 7.11 Å². The molecule has 1 aliphatic rings. The lowest BCUT2D eigenvalue weighted by molar-refractivity contribution is -0.143. The van der Waals surface area contributed by atoms with E-state index in [0.29, 0.717) is 19.4 Å². The molecule has 6 heteroatoms. The molecule has 0 heterocycles. The van der Waals surface area contributed by atoms with Crippen LogP contribution in [0.15, 0.2) is 0 Å². The van der Waals surface area contributed by atoms with Crippen LogP contribution in [-0.2, 0) is 14.3 Å². The molecule has 0 radical (unpaired) electrons. The van der Waals surface area contributed by atoms with Crippen LogP contribution in [0.25, 0.3) is 0 Å². The zero-order valence-corrected chi connectivity index (χ0v) is 11.4. The number of rotatable bonds is 7. The first-order valence-corrected chi connectivity index (χ1v) is 6.84. The number of hydrogen-bond acceptors (Lipinski definition) is 4. The maximum Gasteiger partial charge on any atom is 0.326 e. The fourth-order valence-electron chi connectivity index (χ4n) is 2.45. The molecule has 3 atom stereocenters. The van der Waals surface area contributed by atoms with Gasteiger partial charge in [0.1, 0.15) is 6.04 Å². The Kier molecular flexibility index (Phi) is 6.80. The van der Waals surface area contributed by atoms with E-state index in [1.807, 2.05) is 0 Å². The minimum Gasteiger partial charge on any atom is -0.480 e. The molecular weight excluding hydrogens is 248 g/mol. The number of carbonyl (C=O) groups excluding carboxylic acids is 1. The number of carboxylic acids is 1. The fourth-order valence-corrected chi connectivity index (χ4v) is 2.45. The summed E-state index contributed by atoms with van der Waals surface area (Å²) in [6, 6.07) is -1.00. The number of carboxylic acid groups (broad SMARTS) is 1. The standard InChI is InChI=1S/C13H24N2O4/c1-19-8-4-7-11(13(17)18)15-12(16)9-5-2-3-6-10(9)14/h9-11H,2-8,14H2,1H3,(H,15,16)(H,17,18). The molecule has 110 valence electrons. The Morgan fingerprint density at radius 3 is 2.68 bits per heavy atom. The van der Waals surface area contributed by atoms with Gasteiger partial charge in [0, 0.05) is 19.8 Å². The van der Waals surface area contributed by atoms with Crippen molar-refractivity contribution in [1.29, 1.82) is 0 Å². The molecule has 3 unspecified atom stereocenters. The summed E-state index contributed by atoms with van der Waals surface area (Å²) >= 11 is 0. The first kappa shape index (κ1) is 15.9. The molecule has 0 spiro atoms. The quantitative estimate of drug-likeness (QED) is 0.586. The van der Waals surface area contributed by atoms with Crippen LogP contribution in [-0.4, -0.2) is 42.8 Å². The summed E-state index contributed by atoms with van der Waals surface area (Å²) < 4.78 is 4.88. The van der Waals surface area contributed by atoms with Crippen LogP contribution >= 0.6 is 0 Å². The van der Waals surface area contributed by atoms with Crippen LogP contribution in [0.4, 0.5) is 0 Å². The first-order chi connectivity index (χ1) is 9.06. The Morgan fingerprint density at radius 2 is 2.11 bits per heavy atom. The SMILES string of the molecule is COCCCC(NC(=O)C1CCCCC1N)C(=O)O. The smallest absolute Gasteiger partial charge is 0.326 e. The average Bonchev–Trinajstić information content (AvgIpc) is 2.38. The van der Waals surface area contributed by atoms with Gasteiger partial charge >= 0.3 is 5.97 Å². The third-order valence-corrected chi connectivity index (χ3v) is 3.61. The number of hydrogen-bond donors (Lipinski definition) is 3. The van der Waals surface area contributed by atoms with Gasteiger partial charge in [0.25, 0.3) is 0 Å². The van der Waals surface area contributed by atoms with Crippen molar-refractivity contribution in [3.05, 3.63) is 0 Å². The van der Waals surface area contributed by atoms with Gasteiger partial charge in [-0.1, -0.05) is 12.8 Å². The highest BCUT2D eigenvalue weighted by atomic mass is 16.5. The Labute approximate surface area is 113 Å². The summed E-state index contributed by atoms with van der Waals surface area (Å²) in [7, 11) is 1.56. The molecule has 0 aliphatic heterocycles. The summed E-state index contributed by atoms with van der Waals surface area (Å²) in [6.07, 6.45) is 4.58. The van der Waals surface area contributed by atoms with Crippen LogP contribution < -0.4 is 11.1 Å². The molecule has 0 bridgehead atoms. The largest absolute Gasteiger partial charge is 0.480 e. The highest BCUT2D eigenvalue weighted by Gasteiger charge is 2.30. The molecular formula is C13H24N2O4. The second kappa shape index (κ2) is 8.12. The van der Waals surface area contributed by atoms with Gasteiger partial charge in [-0.3, -0.25) is 4.79 Å². The number of methoxy groups -OCH3 is 1. The monoisotopic (exact) mass is 272 g/mol. The van der Waals surface area contributed by atoms with Gasteiger partial charge in [-0.05, 0) is 25.7 Å². The van der Waals surface area contributed by atoms with Crippen molar-refractivity contribution in [2.24, 2.45) is 11.7 Å². The molecule has 19 heavy (non-hydrogen) atoms. The van der Waals surface area contributed by atoms with E-state index >= 15 is 0 Å². The van der Waals surface area contributed by atoms with Crippen LogP contribution in [0.2, 0.25) is 0 Å². The van der Waals surface area contributed by atoms with Crippen molar-refractivity contribution in [2.45, 2.75) is 50.6 Å². The highest BCUT2D eigenvalue weighted by molar-refractivity contribution is 5.85. The van der Waals surface area contributed by atoms with Gasteiger partial charge in [0.2, 0.25) is 5.91 Å². The zero-order chi connectivity index (χ0) is 14.3. The van der Waals surface area contributed by atoms with E-state index in [2.05, 4.69) is 5.32 Å². The summed E-state index contributed by atoms with van der Waals surface area (Å²) in [6.45, 7) is 0.489. The van der Waals surface area contributed by atoms with E-state index < -0.39 is 12.0 Å². The van der Waals surface area contributed by atoms with Gasteiger partial charge in [-0.25, -0.2) is 4.79 Å². The number of ether oxygens (including phenoxy) is 1. The Bertz CT molecular complexity index is 309. The molecule has 1 aliphatic carbocycles. The zero-order valence-electron chi connectivity index (χ0n) is 11.4. The Balaban J connectivity index is 2.48. The number of nitrogens with one attached hydrogen (secondary N) is 1. The Morgan fingerprint density at radius 1 is 1.42 bits per heavy atom. The van der Waals surface area contributed by atoms with Gasteiger partial charge in [0.05, 0.1) is 5.92 Å². The van der Waals surface area contributed by atoms with Gasteiger partial charge in [-0.15, -0.1) is 0 Å². The maximum absolute atomic E-state index is 12.1. The molecule has 1 fully saturated rings. The van der Waals surface area contributed by atoms with Crippen LogP contribution in [0.1, 0.15) is 38.5 Å². The molecule has 0 aromatic rings. The predicted octanol–water partition coefficient (Wildman–Crippen LogP) is 0.500. The van der Waals surface area contributed by atoms with Gasteiger partial charge in [-0.2, -0.15) is 0 Å². The van der Waals surface area contributed by atoms with E-state index in [1.165, 1.54) is 0 Å².